The lowest BCUT2D eigenvalue weighted by Crippen LogP contribution is -2.18. The van der Waals surface area contributed by atoms with E-state index in [9.17, 15) is 0 Å². The van der Waals surface area contributed by atoms with Crippen molar-refractivity contribution >= 4 is 0 Å². The fourth-order valence-corrected chi connectivity index (χ4v) is 0.347. The summed E-state index contributed by atoms with van der Waals surface area (Å²) < 4.78 is 0. The van der Waals surface area contributed by atoms with Gasteiger partial charge in [0, 0.05) is 19.4 Å². The molecule has 0 rings (SSSR count). The molecule has 2 N–H and O–H groups in total. The molecule has 0 bridgehead atoms. The molecule has 0 aliphatic heterocycles. The molecule has 0 aromatic rings. The van der Waals surface area contributed by atoms with Crippen LogP contribution in [0.4, 0.5) is 0 Å². The molecule has 0 aromatic heterocycles. The highest BCUT2D eigenvalue weighted by Gasteiger charge is 2.08. The first-order chi connectivity index (χ1) is 4.22. The Hall–Kier alpha value is -0.520. The summed E-state index contributed by atoms with van der Waals surface area (Å²) in [6, 6.07) is 0. The molecule has 1 radical (unpaired) electrons. The maximum atomic E-state index is 8.94. The van der Waals surface area contributed by atoms with Gasteiger partial charge in [0.1, 0.15) is 6.10 Å². The van der Waals surface area contributed by atoms with Gasteiger partial charge in [-0.2, -0.15) is 0 Å². The quantitative estimate of drug-likeness (QED) is 0.505. The average Bonchev–Trinajstić information content (AvgIpc) is 1.87. The molecular formula is C7H11O2. The lowest BCUT2D eigenvalue weighted by Gasteiger charge is -2.08. The topological polar surface area (TPSA) is 40.5 Å². The lowest BCUT2D eigenvalue weighted by atomic mass is 10.1. The smallest absolute Gasteiger partial charge is 0.119 e. The molecule has 2 nitrogen and oxygen atoms in total. The molecule has 0 spiro atoms. The molecule has 2 unspecified atom stereocenters. The van der Waals surface area contributed by atoms with Gasteiger partial charge in [-0.1, -0.05) is 18.8 Å². The van der Waals surface area contributed by atoms with Gasteiger partial charge in [0.05, 0.1) is 0 Å². The van der Waals surface area contributed by atoms with Crippen LogP contribution in [-0.2, 0) is 0 Å². The summed E-state index contributed by atoms with van der Waals surface area (Å²) in [4.78, 5) is 0. The number of rotatable bonds is 2. The monoisotopic (exact) mass is 127 g/mol. The van der Waals surface area contributed by atoms with Gasteiger partial charge in [-0.25, -0.2) is 0 Å². The van der Waals surface area contributed by atoms with Gasteiger partial charge in [0.25, 0.3) is 0 Å². The molecule has 0 fully saturated rings. The van der Waals surface area contributed by atoms with Crippen molar-refractivity contribution in [2.75, 3.05) is 6.61 Å². The van der Waals surface area contributed by atoms with Gasteiger partial charge in [-0.3, -0.25) is 0 Å². The van der Waals surface area contributed by atoms with Crippen LogP contribution >= 0.6 is 0 Å². The van der Waals surface area contributed by atoms with E-state index in [2.05, 4.69) is 18.8 Å². The fraction of sp³-hybridized carbons (Fsp3) is 0.571. The Morgan fingerprint density at radius 1 is 1.67 bits per heavy atom. The maximum absolute atomic E-state index is 8.94. The highest BCUT2D eigenvalue weighted by atomic mass is 16.3. The Bertz CT molecular complexity index is 121. The van der Waals surface area contributed by atoms with Crippen LogP contribution in [0.3, 0.4) is 0 Å². The highest BCUT2D eigenvalue weighted by molar-refractivity contribution is 5.07. The van der Waals surface area contributed by atoms with E-state index >= 15 is 0 Å². The van der Waals surface area contributed by atoms with Crippen LogP contribution in [0.1, 0.15) is 6.92 Å². The first kappa shape index (κ1) is 8.48. The summed E-state index contributed by atoms with van der Waals surface area (Å²) in [7, 11) is 0. The minimum Gasteiger partial charge on any atom is -0.396 e. The van der Waals surface area contributed by atoms with Gasteiger partial charge in [-0.05, 0) is 0 Å². The molecule has 0 aliphatic carbocycles. The average molecular weight is 127 g/mol. The summed E-state index contributed by atoms with van der Waals surface area (Å²) in [5.41, 5.74) is 0. The highest BCUT2D eigenvalue weighted by Crippen LogP contribution is 1.98. The van der Waals surface area contributed by atoms with Gasteiger partial charge < -0.3 is 10.2 Å². The second kappa shape index (κ2) is 4.37. The van der Waals surface area contributed by atoms with Crippen LogP contribution in [0.2, 0.25) is 0 Å². The number of aliphatic hydroxyl groups excluding tert-OH is 2. The Balaban J connectivity index is 3.67. The second-order valence-corrected chi connectivity index (χ2v) is 1.93. The summed E-state index contributed by atoms with van der Waals surface area (Å²) in [5.74, 6) is 4.57. The van der Waals surface area contributed by atoms with Crippen LogP contribution in [-0.4, -0.2) is 22.9 Å². The van der Waals surface area contributed by atoms with Crippen molar-refractivity contribution in [3.63, 3.8) is 0 Å². The standard InChI is InChI=1S/C7H11O2/c1-3-4-7(9)6(2)5-8/h6-9H,1,5H2,2H3. The van der Waals surface area contributed by atoms with Crippen LogP contribution in [0.25, 0.3) is 0 Å². The van der Waals surface area contributed by atoms with Crippen molar-refractivity contribution < 1.29 is 10.2 Å². The van der Waals surface area contributed by atoms with Crippen LogP contribution < -0.4 is 0 Å². The van der Waals surface area contributed by atoms with Crippen molar-refractivity contribution in [2.24, 2.45) is 5.92 Å². The van der Waals surface area contributed by atoms with E-state index in [-0.39, 0.29) is 12.5 Å². The molecule has 2 heteroatoms. The predicted octanol–water partition coefficient (Wildman–Crippen LogP) is -0.187. The molecule has 0 amide bonds. The first-order valence-electron chi connectivity index (χ1n) is 2.79. The van der Waals surface area contributed by atoms with Crippen molar-refractivity contribution in [3.05, 3.63) is 6.92 Å². The summed E-state index contributed by atoms with van der Waals surface area (Å²) in [5, 5.41) is 17.4. The van der Waals surface area contributed by atoms with E-state index in [0.717, 1.165) is 0 Å². The van der Waals surface area contributed by atoms with E-state index < -0.39 is 6.10 Å². The second-order valence-electron chi connectivity index (χ2n) is 1.93. The summed E-state index contributed by atoms with van der Waals surface area (Å²) in [6.45, 7) is 4.91. The van der Waals surface area contributed by atoms with E-state index in [1.165, 1.54) is 0 Å². The zero-order valence-corrected chi connectivity index (χ0v) is 5.46. The Morgan fingerprint density at radius 2 is 2.22 bits per heavy atom. The Morgan fingerprint density at radius 3 is 2.56 bits per heavy atom. The maximum Gasteiger partial charge on any atom is 0.119 e. The largest absolute Gasteiger partial charge is 0.396 e. The van der Waals surface area contributed by atoms with E-state index in [4.69, 9.17) is 10.2 Å². The normalized spacial score (nSPS) is 15.6. The van der Waals surface area contributed by atoms with Crippen molar-refractivity contribution in [2.45, 2.75) is 13.0 Å². The van der Waals surface area contributed by atoms with Gasteiger partial charge in [-0.15, -0.1) is 0 Å². The molecule has 2 atom stereocenters. The van der Waals surface area contributed by atoms with E-state index in [0.29, 0.717) is 0 Å². The third kappa shape index (κ3) is 3.12. The molecule has 0 saturated carbocycles. The number of aliphatic hydroxyl groups is 2. The van der Waals surface area contributed by atoms with Crippen molar-refractivity contribution in [1.29, 1.82) is 0 Å². The van der Waals surface area contributed by atoms with Crippen molar-refractivity contribution in [3.8, 4) is 11.8 Å². The lowest BCUT2D eigenvalue weighted by molar-refractivity contribution is 0.118. The minimum absolute atomic E-state index is 0.0458. The first-order valence-corrected chi connectivity index (χ1v) is 2.79. The zero-order chi connectivity index (χ0) is 7.28. The molecule has 0 saturated heterocycles. The SMILES string of the molecule is [CH2]C#CC(O)C(C)CO. The van der Waals surface area contributed by atoms with Gasteiger partial charge in [0.15, 0.2) is 0 Å². The number of hydrogen-bond acceptors (Lipinski definition) is 2. The van der Waals surface area contributed by atoms with Crippen LogP contribution in [0.15, 0.2) is 0 Å². The van der Waals surface area contributed by atoms with E-state index in [1.807, 2.05) is 0 Å². The third-order valence-electron chi connectivity index (χ3n) is 1.08. The minimum atomic E-state index is -0.743. The Kier molecular flexibility index (Phi) is 4.12. The van der Waals surface area contributed by atoms with Crippen molar-refractivity contribution in [1.82, 2.24) is 0 Å². The molecule has 9 heavy (non-hydrogen) atoms. The molecule has 51 valence electrons. The van der Waals surface area contributed by atoms with Crippen LogP contribution in [0.5, 0.6) is 0 Å². The molecule has 0 heterocycles. The predicted molar refractivity (Wildman–Crippen MR) is 35.4 cm³/mol. The number of hydrogen-bond donors (Lipinski definition) is 2. The third-order valence-corrected chi connectivity index (χ3v) is 1.08. The summed E-state index contributed by atoms with van der Waals surface area (Å²) in [6.07, 6.45) is -0.743. The zero-order valence-electron chi connectivity index (χ0n) is 5.46. The molecule has 0 aromatic carbocycles. The molecule has 0 aliphatic rings. The van der Waals surface area contributed by atoms with Crippen LogP contribution in [0, 0.1) is 24.7 Å². The van der Waals surface area contributed by atoms with Gasteiger partial charge in [0.2, 0.25) is 0 Å². The Labute approximate surface area is 55.5 Å². The van der Waals surface area contributed by atoms with Gasteiger partial charge >= 0.3 is 0 Å². The fourth-order valence-electron chi connectivity index (χ4n) is 0.347. The summed E-state index contributed by atoms with van der Waals surface area (Å²) >= 11 is 0. The molecular weight excluding hydrogens is 116 g/mol. The van der Waals surface area contributed by atoms with E-state index in [1.54, 1.807) is 6.92 Å².